The molecule has 3 rings (SSSR count). The van der Waals surface area contributed by atoms with E-state index >= 15 is 0 Å². The molecule has 1 aliphatic heterocycles. The van der Waals surface area contributed by atoms with Gasteiger partial charge in [0.15, 0.2) is 0 Å². The fraction of sp³-hybridized carbons (Fsp3) is 0.348. The van der Waals surface area contributed by atoms with E-state index < -0.39 is 0 Å². The van der Waals surface area contributed by atoms with Gasteiger partial charge in [-0.3, -0.25) is 4.79 Å². The van der Waals surface area contributed by atoms with Gasteiger partial charge in [0.05, 0.1) is 0 Å². The molecule has 1 fully saturated rings. The molecule has 1 N–H and O–H groups in total. The van der Waals surface area contributed by atoms with Gasteiger partial charge in [0.1, 0.15) is 0 Å². The number of rotatable bonds is 6. The molecular weight excluding hydrogens is 334 g/mol. The smallest absolute Gasteiger partial charge is 0.253 e. The van der Waals surface area contributed by atoms with Crippen molar-refractivity contribution in [1.29, 1.82) is 0 Å². The van der Waals surface area contributed by atoms with Gasteiger partial charge in [-0.1, -0.05) is 54.1 Å². The first-order valence-electron chi connectivity index (χ1n) is 9.61. The van der Waals surface area contributed by atoms with Crippen LogP contribution in [0.3, 0.4) is 0 Å². The Hall–Kier alpha value is -2.43. The predicted octanol–water partition coefficient (Wildman–Crippen LogP) is 3.27. The van der Waals surface area contributed by atoms with E-state index in [1.54, 1.807) is 0 Å². The Bertz CT molecular complexity index is 760. The molecular formula is C23H29N3O. The van der Waals surface area contributed by atoms with Gasteiger partial charge in [-0.15, -0.1) is 0 Å². The van der Waals surface area contributed by atoms with E-state index in [1.165, 1.54) is 16.7 Å². The first-order chi connectivity index (χ1) is 13.1. The summed E-state index contributed by atoms with van der Waals surface area (Å²) < 4.78 is 0. The molecule has 1 saturated heterocycles. The molecule has 0 unspecified atom stereocenters. The summed E-state index contributed by atoms with van der Waals surface area (Å²) >= 11 is 0. The van der Waals surface area contributed by atoms with Gasteiger partial charge in [0.2, 0.25) is 0 Å². The van der Waals surface area contributed by atoms with Gasteiger partial charge >= 0.3 is 0 Å². The van der Waals surface area contributed by atoms with Gasteiger partial charge in [-0.25, -0.2) is 0 Å². The normalized spacial score (nSPS) is 15.8. The highest BCUT2D eigenvalue weighted by molar-refractivity contribution is 5.94. The first-order valence-corrected chi connectivity index (χ1v) is 9.61. The topological polar surface area (TPSA) is 35.6 Å². The average molecular weight is 364 g/mol. The van der Waals surface area contributed by atoms with E-state index in [1.807, 2.05) is 35.2 Å². The van der Waals surface area contributed by atoms with Crippen LogP contribution in [0.25, 0.3) is 6.08 Å². The third-order valence-corrected chi connectivity index (χ3v) is 4.94. The van der Waals surface area contributed by atoms with Crippen LogP contribution in [0, 0.1) is 0 Å². The Labute approximate surface area is 162 Å². The third-order valence-electron chi connectivity index (χ3n) is 4.94. The second-order valence-corrected chi connectivity index (χ2v) is 7.30. The van der Waals surface area contributed by atoms with Gasteiger partial charge in [0.25, 0.3) is 5.91 Å². The van der Waals surface area contributed by atoms with Gasteiger partial charge < -0.3 is 15.1 Å². The van der Waals surface area contributed by atoms with Crippen LogP contribution >= 0.6 is 0 Å². The average Bonchev–Trinajstić information content (AvgIpc) is 2.69. The van der Waals surface area contributed by atoms with Crippen LogP contribution in [0.4, 0.5) is 0 Å². The number of piperazine rings is 1. The van der Waals surface area contributed by atoms with Crippen molar-refractivity contribution in [2.75, 3.05) is 39.8 Å². The molecule has 0 aliphatic carbocycles. The van der Waals surface area contributed by atoms with Crippen molar-refractivity contribution >= 4 is 12.0 Å². The molecule has 0 saturated carbocycles. The van der Waals surface area contributed by atoms with Gasteiger partial charge in [-0.2, -0.15) is 0 Å². The molecule has 4 heteroatoms. The van der Waals surface area contributed by atoms with Crippen molar-refractivity contribution in [3.63, 3.8) is 0 Å². The number of nitrogens with one attached hydrogen (secondary N) is 1. The SMILES string of the molecule is C/C(=C\c1ccccc1)CNCc1ccc(C(=O)N2CCN(C)CC2)cc1. The molecule has 0 bridgehead atoms. The number of carbonyl (C=O) groups is 1. The van der Waals surface area contributed by atoms with Crippen LogP contribution in [0.15, 0.2) is 60.2 Å². The maximum Gasteiger partial charge on any atom is 0.253 e. The van der Waals surface area contributed by atoms with Gasteiger partial charge in [0, 0.05) is 44.8 Å². The molecule has 0 radical (unpaired) electrons. The molecule has 142 valence electrons. The lowest BCUT2D eigenvalue weighted by molar-refractivity contribution is 0.0664. The first kappa shape index (κ1) is 19.3. The highest BCUT2D eigenvalue weighted by Crippen LogP contribution is 2.10. The van der Waals surface area contributed by atoms with E-state index in [0.29, 0.717) is 0 Å². The summed E-state index contributed by atoms with van der Waals surface area (Å²) in [6.07, 6.45) is 2.20. The molecule has 1 amide bonds. The zero-order valence-corrected chi connectivity index (χ0v) is 16.3. The van der Waals surface area contributed by atoms with Crippen LogP contribution in [0.5, 0.6) is 0 Å². The lowest BCUT2D eigenvalue weighted by Gasteiger charge is -2.32. The maximum atomic E-state index is 12.6. The summed E-state index contributed by atoms with van der Waals surface area (Å²) in [5.41, 5.74) is 4.49. The Morgan fingerprint density at radius 1 is 1.00 bits per heavy atom. The van der Waals surface area contributed by atoms with Gasteiger partial charge in [-0.05, 0) is 37.2 Å². The predicted molar refractivity (Wildman–Crippen MR) is 112 cm³/mol. The summed E-state index contributed by atoms with van der Waals surface area (Å²) in [6, 6.07) is 18.4. The Morgan fingerprint density at radius 2 is 1.67 bits per heavy atom. The van der Waals surface area contributed by atoms with Crippen molar-refractivity contribution in [2.24, 2.45) is 0 Å². The summed E-state index contributed by atoms with van der Waals surface area (Å²) in [7, 11) is 2.10. The highest BCUT2D eigenvalue weighted by atomic mass is 16.2. The van der Waals surface area contributed by atoms with E-state index in [-0.39, 0.29) is 5.91 Å². The van der Waals surface area contributed by atoms with Crippen molar-refractivity contribution in [3.8, 4) is 0 Å². The number of carbonyl (C=O) groups excluding carboxylic acids is 1. The summed E-state index contributed by atoms with van der Waals surface area (Å²) in [6.45, 7) is 7.29. The number of amides is 1. The number of hydrogen-bond acceptors (Lipinski definition) is 3. The summed E-state index contributed by atoms with van der Waals surface area (Å²) in [5.74, 6) is 0.143. The van der Waals surface area contributed by atoms with Crippen molar-refractivity contribution in [1.82, 2.24) is 15.1 Å². The molecule has 0 atom stereocenters. The number of hydrogen-bond donors (Lipinski definition) is 1. The second-order valence-electron chi connectivity index (χ2n) is 7.30. The molecule has 0 aromatic heterocycles. The lowest BCUT2D eigenvalue weighted by atomic mass is 10.1. The van der Waals surface area contributed by atoms with E-state index in [0.717, 1.165) is 44.8 Å². The van der Waals surface area contributed by atoms with Crippen molar-refractivity contribution in [2.45, 2.75) is 13.5 Å². The Kier molecular flexibility index (Phi) is 6.80. The standard InChI is InChI=1S/C23H29N3O/c1-19(16-20-6-4-3-5-7-20)17-24-18-21-8-10-22(11-9-21)23(27)26-14-12-25(2)13-15-26/h3-11,16,24H,12-15,17-18H2,1-2H3/b19-16+. The largest absolute Gasteiger partial charge is 0.336 e. The Morgan fingerprint density at radius 3 is 2.33 bits per heavy atom. The molecule has 4 nitrogen and oxygen atoms in total. The van der Waals surface area contributed by atoms with E-state index in [2.05, 4.69) is 54.5 Å². The highest BCUT2D eigenvalue weighted by Gasteiger charge is 2.20. The zero-order valence-electron chi connectivity index (χ0n) is 16.3. The van der Waals surface area contributed by atoms with Crippen LogP contribution in [-0.4, -0.2) is 55.5 Å². The van der Waals surface area contributed by atoms with Crippen LogP contribution in [0.2, 0.25) is 0 Å². The molecule has 2 aromatic carbocycles. The molecule has 27 heavy (non-hydrogen) atoms. The van der Waals surface area contributed by atoms with E-state index in [4.69, 9.17) is 0 Å². The van der Waals surface area contributed by atoms with Crippen molar-refractivity contribution in [3.05, 3.63) is 76.9 Å². The van der Waals surface area contributed by atoms with Crippen LogP contribution in [-0.2, 0) is 6.54 Å². The number of likely N-dealkylation sites (N-methyl/N-ethyl adjacent to an activating group) is 1. The number of nitrogens with zero attached hydrogens (tertiary/aromatic N) is 2. The molecule has 0 spiro atoms. The fourth-order valence-electron chi connectivity index (χ4n) is 3.25. The van der Waals surface area contributed by atoms with Crippen LogP contribution in [0.1, 0.15) is 28.4 Å². The summed E-state index contributed by atoms with van der Waals surface area (Å²) in [4.78, 5) is 16.8. The minimum Gasteiger partial charge on any atom is -0.336 e. The minimum absolute atomic E-state index is 0.143. The quantitative estimate of drug-likeness (QED) is 0.856. The number of benzene rings is 2. The monoisotopic (exact) mass is 363 g/mol. The second kappa shape index (κ2) is 9.49. The van der Waals surface area contributed by atoms with Crippen LogP contribution < -0.4 is 5.32 Å². The minimum atomic E-state index is 0.143. The summed E-state index contributed by atoms with van der Waals surface area (Å²) in [5, 5.41) is 3.47. The third kappa shape index (κ3) is 5.78. The zero-order chi connectivity index (χ0) is 19.1. The molecule has 2 aromatic rings. The maximum absolute atomic E-state index is 12.6. The fourth-order valence-corrected chi connectivity index (χ4v) is 3.25. The lowest BCUT2D eigenvalue weighted by Crippen LogP contribution is -2.47. The molecule has 1 aliphatic rings. The molecule has 1 heterocycles. The van der Waals surface area contributed by atoms with E-state index in [9.17, 15) is 4.79 Å². The van der Waals surface area contributed by atoms with Crippen molar-refractivity contribution < 1.29 is 4.79 Å². The Balaban J connectivity index is 1.48.